The van der Waals surface area contributed by atoms with Crippen LogP contribution in [0, 0.1) is 5.82 Å². The molecule has 2 N–H and O–H groups in total. The molecule has 0 aliphatic carbocycles. The molecule has 0 saturated heterocycles. The van der Waals surface area contributed by atoms with E-state index < -0.39 is 6.10 Å². The fourth-order valence-electron chi connectivity index (χ4n) is 1.34. The van der Waals surface area contributed by atoms with Gasteiger partial charge in [-0.2, -0.15) is 0 Å². The number of likely N-dealkylation sites (N-methyl/N-ethyl adjacent to an activating group) is 1. The summed E-state index contributed by atoms with van der Waals surface area (Å²) in [5, 5.41) is 12.7. The standard InChI is InChI=1S/C11H15BrFNO/c1-2-14-7-10(15)6-8-5-9(13)3-4-11(8)12/h3-5,10,14-15H,2,6-7H2,1H3. The summed E-state index contributed by atoms with van der Waals surface area (Å²) in [7, 11) is 0. The van der Waals surface area contributed by atoms with Crippen molar-refractivity contribution in [1.29, 1.82) is 0 Å². The van der Waals surface area contributed by atoms with Crippen molar-refractivity contribution in [2.75, 3.05) is 13.1 Å². The van der Waals surface area contributed by atoms with Gasteiger partial charge in [0.05, 0.1) is 6.10 Å². The highest BCUT2D eigenvalue weighted by molar-refractivity contribution is 9.10. The first kappa shape index (κ1) is 12.6. The first-order valence-electron chi connectivity index (χ1n) is 4.96. The van der Waals surface area contributed by atoms with E-state index in [0.717, 1.165) is 16.6 Å². The van der Waals surface area contributed by atoms with E-state index in [1.807, 2.05) is 6.92 Å². The van der Waals surface area contributed by atoms with Crippen molar-refractivity contribution in [3.63, 3.8) is 0 Å². The summed E-state index contributed by atoms with van der Waals surface area (Å²) < 4.78 is 13.8. The zero-order chi connectivity index (χ0) is 11.3. The van der Waals surface area contributed by atoms with Crippen LogP contribution in [0.2, 0.25) is 0 Å². The maximum Gasteiger partial charge on any atom is 0.123 e. The molecule has 0 spiro atoms. The van der Waals surface area contributed by atoms with Gasteiger partial charge in [-0.25, -0.2) is 4.39 Å². The molecule has 1 rings (SSSR count). The Balaban J connectivity index is 2.59. The summed E-state index contributed by atoms with van der Waals surface area (Å²) in [6.45, 7) is 3.33. The molecule has 1 aromatic carbocycles. The quantitative estimate of drug-likeness (QED) is 0.863. The number of hydrogen-bond donors (Lipinski definition) is 2. The van der Waals surface area contributed by atoms with Crippen molar-refractivity contribution < 1.29 is 9.50 Å². The van der Waals surface area contributed by atoms with Crippen LogP contribution in [0.15, 0.2) is 22.7 Å². The molecule has 1 unspecified atom stereocenters. The monoisotopic (exact) mass is 275 g/mol. The van der Waals surface area contributed by atoms with E-state index in [-0.39, 0.29) is 5.82 Å². The van der Waals surface area contributed by atoms with Crippen molar-refractivity contribution >= 4 is 15.9 Å². The Labute approximate surface area is 97.6 Å². The topological polar surface area (TPSA) is 32.3 Å². The molecule has 4 heteroatoms. The van der Waals surface area contributed by atoms with Gasteiger partial charge in [0.2, 0.25) is 0 Å². The fourth-order valence-corrected chi connectivity index (χ4v) is 1.75. The first-order valence-corrected chi connectivity index (χ1v) is 5.75. The van der Waals surface area contributed by atoms with E-state index in [2.05, 4.69) is 21.2 Å². The number of rotatable bonds is 5. The summed E-state index contributed by atoms with van der Waals surface area (Å²) in [4.78, 5) is 0. The third kappa shape index (κ3) is 4.28. The smallest absolute Gasteiger partial charge is 0.123 e. The Morgan fingerprint density at radius 3 is 2.93 bits per heavy atom. The van der Waals surface area contributed by atoms with Crippen LogP contribution in [0.25, 0.3) is 0 Å². The zero-order valence-electron chi connectivity index (χ0n) is 8.63. The second-order valence-corrected chi connectivity index (χ2v) is 4.26. The van der Waals surface area contributed by atoms with Crippen LogP contribution in [0.5, 0.6) is 0 Å². The van der Waals surface area contributed by atoms with E-state index in [4.69, 9.17) is 0 Å². The Morgan fingerprint density at radius 2 is 2.27 bits per heavy atom. The predicted octanol–water partition coefficient (Wildman–Crippen LogP) is 2.10. The van der Waals surface area contributed by atoms with Gasteiger partial charge < -0.3 is 10.4 Å². The van der Waals surface area contributed by atoms with Gasteiger partial charge in [0, 0.05) is 17.4 Å². The lowest BCUT2D eigenvalue weighted by molar-refractivity contribution is 0.172. The third-order valence-corrected chi connectivity index (χ3v) is 2.87. The number of halogens is 2. The molecule has 0 amide bonds. The summed E-state index contributed by atoms with van der Waals surface area (Å²) >= 11 is 3.33. The summed E-state index contributed by atoms with van der Waals surface area (Å²) in [5.41, 5.74) is 0.792. The molecule has 15 heavy (non-hydrogen) atoms. The maximum atomic E-state index is 12.9. The minimum Gasteiger partial charge on any atom is -0.391 e. The van der Waals surface area contributed by atoms with Crippen molar-refractivity contribution in [2.45, 2.75) is 19.4 Å². The van der Waals surface area contributed by atoms with Crippen LogP contribution in [0.3, 0.4) is 0 Å². The second kappa shape index (κ2) is 6.20. The molecular weight excluding hydrogens is 261 g/mol. The summed E-state index contributed by atoms with van der Waals surface area (Å²) in [6, 6.07) is 4.49. The average molecular weight is 276 g/mol. The van der Waals surface area contributed by atoms with Gasteiger partial charge in [-0.05, 0) is 30.3 Å². The number of nitrogens with one attached hydrogen (secondary N) is 1. The molecule has 0 fully saturated rings. The molecule has 0 radical (unpaired) electrons. The van der Waals surface area contributed by atoms with Crippen molar-refractivity contribution in [3.8, 4) is 0 Å². The van der Waals surface area contributed by atoms with E-state index in [1.165, 1.54) is 12.1 Å². The minimum absolute atomic E-state index is 0.274. The Kier molecular flexibility index (Phi) is 5.22. The molecule has 0 heterocycles. The summed E-state index contributed by atoms with van der Waals surface area (Å²) in [6.07, 6.45) is -0.0335. The van der Waals surface area contributed by atoms with Gasteiger partial charge in [-0.15, -0.1) is 0 Å². The van der Waals surface area contributed by atoms with Gasteiger partial charge in [-0.3, -0.25) is 0 Å². The molecule has 84 valence electrons. The molecule has 0 bridgehead atoms. The number of aliphatic hydroxyl groups excluding tert-OH is 1. The van der Waals surface area contributed by atoms with Gasteiger partial charge in [0.15, 0.2) is 0 Å². The lowest BCUT2D eigenvalue weighted by atomic mass is 10.1. The number of benzene rings is 1. The van der Waals surface area contributed by atoms with Crippen LogP contribution in [0.4, 0.5) is 4.39 Å². The summed E-state index contributed by atoms with van der Waals surface area (Å²) in [5.74, 6) is -0.274. The van der Waals surface area contributed by atoms with E-state index in [1.54, 1.807) is 6.07 Å². The Hall–Kier alpha value is -0.450. The van der Waals surface area contributed by atoms with E-state index in [9.17, 15) is 9.50 Å². The van der Waals surface area contributed by atoms with Crippen molar-refractivity contribution in [3.05, 3.63) is 34.1 Å². The normalized spacial score (nSPS) is 12.8. The van der Waals surface area contributed by atoms with Crippen LogP contribution in [-0.4, -0.2) is 24.3 Å². The van der Waals surface area contributed by atoms with E-state index in [0.29, 0.717) is 13.0 Å². The fraction of sp³-hybridized carbons (Fsp3) is 0.455. The Morgan fingerprint density at radius 1 is 1.53 bits per heavy atom. The highest BCUT2D eigenvalue weighted by atomic mass is 79.9. The molecule has 0 aliphatic heterocycles. The van der Waals surface area contributed by atoms with Crippen molar-refractivity contribution in [1.82, 2.24) is 5.32 Å². The SMILES string of the molecule is CCNCC(O)Cc1cc(F)ccc1Br. The lowest BCUT2D eigenvalue weighted by Crippen LogP contribution is -2.28. The maximum absolute atomic E-state index is 12.9. The minimum atomic E-state index is -0.483. The van der Waals surface area contributed by atoms with Crippen LogP contribution in [-0.2, 0) is 6.42 Å². The largest absolute Gasteiger partial charge is 0.391 e. The van der Waals surface area contributed by atoms with E-state index >= 15 is 0 Å². The van der Waals surface area contributed by atoms with Gasteiger partial charge >= 0.3 is 0 Å². The number of aliphatic hydroxyl groups is 1. The van der Waals surface area contributed by atoms with Crippen LogP contribution in [0.1, 0.15) is 12.5 Å². The molecule has 0 aliphatic rings. The first-order chi connectivity index (χ1) is 7.13. The average Bonchev–Trinajstić information content (AvgIpc) is 2.20. The van der Waals surface area contributed by atoms with Gasteiger partial charge in [0.25, 0.3) is 0 Å². The molecule has 1 aromatic rings. The highest BCUT2D eigenvalue weighted by Gasteiger charge is 2.08. The second-order valence-electron chi connectivity index (χ2n) is 3.40. The highest BCUT2D eigenvalue weighted by Crippen LogP contribution is 2.19. The zero-order valence-corrected chi connectivity index (χ0v) is 10.2. The Bertz CT molecular complexity index is 319. The molecular formula is C11H15BrFNO. The van der Waals surface area contributed by atoms with Crippen molar-refractivity contribution in [2.24, 2.45) is 0 Å². The van der Waals surface area contributed by atoms with Gasteiger partial charge in [0.1, 0.15) is 5.82 Å². The predicted molar refractivity (Wildman–Crippen MR) is 62.4 cm³/mol. The molecule has 1 atom stereocenters. The van der Waals surface area contributed by atoms with Crippen LogP contribution < -0.4 is 5.32 Å². The third-order valence-electron chi connectivity index (χ3n) is 2.09. The number of hydrogen-bond acceptors (Lipinski definition) is 2. The lowest BCUT2D eigenvalue weighted by Gasteiger charge is -2.12. The van der Waals surface area contributed by atoms with Gasteiger partial charge in [-0.1, -0.05) is 22.9 Å². The molecule has 0 saturated carbocycles. The molecule has 2 nitrogen and oxygen atoms in total. The molecule has 0 aromatic heterocycles. The van der Waals surface area contributed by atoms with Crippen LogP contribution >= 0.6 is 15.9 Å².